The number of hydrogen-bond acceptors (Lipinski definition) is 1. The Balaban J connectivity index is 1.40. The Labute approximate surface area is 268 Å². The molecule has 0 saturated carbocycles. The van der Waals surface area contributed by atoms with Gasteiger partial charge in [-0.1, -0.05) is 140 Å². The summed E-state index contributed by atoms with van der Waals surface area (Å²) >= 11 is 0. The third-order valence-electron chi connectivity index (χ3n) is 9.15. The second-order valence-corrected chi connectivity index (χ2v) is 11.8. The highest BCUT2D eigenvalue weighted by atomic mass is 15.1. The largest absolute Gasteiger partial charge is 0.309 e. The molecule has 2 heteroatoms. The lowest BCUT2D eigenvalue weighted by Gasteiger charge is -2.30. The van der Waals surface area contributed by atoms with Gasteiger partial charge in [0.1, 0.15) is 0 Å². The van der Waals surface area contributed by atoms with Crippen molar-refractivity contribution < 1.29 is 0 Å². The summed E-state index contributed by atoms with van der Waals surface area (Å²) in [6.07, 6.45) is 0. The molecule has 9 aromatic rings. The van der Waals surface area contributed by atoms with Gasteiger partial charge in [0, 0.05) is 33.1 Å². The van der Waals surface area contributed by atoms with E-state index in [9.17, 15) is 0 Å². The van der Waals surface area contributed by atoms with Crippen molar-refractivity contribution in [3.05, 3.63) is 182 Å². The van der Waals surface area contributed by atoms with Crippen LogP contribution in [-0.2, 0) is 0 Å². The average Bonchev–Trinajstić information content (AvgIpc) is 3.46. The van der Waals surface area contributed by atoms with Crippen LogP contribution in [0.25, 0.3) is 60.2 Å². The van der Waals surface area contributed by atoms with Crippen molar-refractivity contribution in [3.63, 3.8) is 0 Å². The van der Waals surface area contributed by atoms with E-state index in [1.54, 1.807) is 0 Å². The van der Waals surface area contributed by atoms with Gasteiger partial charge in [0.25, 0.3) is 0 Å². The first-order valence-corrected chi connectivity index (χ1v) is 15.8. The summed E-state index contributed by atoms with van der Waals surface area (Å²) in [5.74, 6) is 0. The van der Waals surface area contributed by atoms with E-state index >= 15 is 0 Å². The molecule has 1 heterocycles. The van der Waals surface area contributed by atoms with Crippen LogP contribution in [-0.4, -0.2) is 4.57 Å². The summed E-state index contributed by atoms with van der Waals surface area (Å²) in [5.41, 5.74) is 9.30. The predicted molar refractivity (Wildman–Crippen MR) is 196 cm³/mol. The van der Waals surface area contributed by atoms with Crippen LogP contribution in [0.5, 0.6) is 0 Å². The molecule has 1 aromatic heterocycles. The number of para-hydroxylation sites is 3. The Kier molecular flexibility index (Phi) is 6.17. The van der Waals surface area contributed by atoms with Gasteiger partial charge in [0.2, 0.25) is 0 Å². The highest BCUT2D eigenvalue weighted by Crippen LogP contribution is 2.46. The van der Waals surface area contributed by atoms with Crippen LogP contribution in [0.2, 0.25) is 0 Å². The van der Waals surface area contributed by atoms with Crippen LogP contribution in [0.3, 0.4) is 0 Å². The summed E-state index contributed by atoms with van der Waals surface area (Å²) < 4.78 is 2.40. The fourth-order valence-electron chi connectivity index (χ4n) is 7.11. The number of aromatic nitrogens is 1. The summed E-state index contributed by atoms with van der Waals surface area (Å²) in [6.45, 7) is 0. The zero-order chi connectivity index (χ0) is 30.5. The van der Waals surface area contributed by atoms with Crippen molar-refractivity contribution in [1.29, 1.82) is 0 Å². The Morgan fingerprint density at radius 3 is 1.80 bits per heavy atom. The zero-order valence-electron chi connectivity index (χ0n) is 25.2. The molecule has 0 unspecified atom stereocenters. The lowest BCUT2D eigenvalue weighted by molar-refractivity contribution is 1.18. The van der Waals surface area contributed by atoms with Crippen LogP contribution < -0.4 is 4.90 Å². The molecule has 8 aromatic carbocycles. The molecular weight excluding hydrogens is 556 g/mol. The van der Waals surface area contributed by atoms with Gasteiger partial charge in [-0.3, -0.25) is 0 Å². The highest BCUT2D eigenvalue weighted by Gasteiger charge is 2.22. The van der Waals surface area contributed by atoms with Gasteiger partial charge in [-0.05, 0) is 64.2 Å². The molecule has 46 heavy (non-hydrogen) atoms. The number of fused-ring (bicyclic) bond motifs is 6. The van der Waals surface area contributed by atoms with Crippen LogP contribution in [0.15, 0.2) is 182 Å². The van der Waals surface area contributed by atoms with Crippen molar-refractivity contribution in [1.82, 2.24) is 4.57 Å². The number of nitrogens with zero attached hydrogens (tertiary/aromatic N) is 2. The minimum Gasteiger partial charge on any atom is -0.309 e. The molecule has 0 N–H and O–H groups in total. The van der Waals surface area contributed by atoms with Crippen LogP contribution in [0.1, 0.15) is 0 Å². The molecule has 0 bridgehead atoms. The quantitative estimate of drug-likeness (QED) is 0.182. The number of hydrogen-bond donors (Lipinski definition) is 0. The van der Waals surface area contributed by atoms with E-state index in [1.165, 1.54) is 54.5 Å². The fraction of sp³-hybridized carbons (Fsp3) is 0. The van der Waals surface area contributed by atoms with Crippen molar-refractivity contribution in [2.75, 3.05) is 4.90 Å². The first-order valence-electron chi connectivity index (χ1n) is 15.8. The topological polar surface area (TPSA) is 8.17 Å². The van der Waals surface area contributed by atoms with Gasteiger partial charge in [-0.25, -0.2) is 0 Å². The Morgan fingerprint density at radius 2 is 0.978 bits per heavy atom. The monoisotopic (exact) mass is 586 g/mol. The van der Waals surface area contributed by atoms with Crippen molar-refractivity contribution in [3.8, 4) is 16.8 Å². The molecule has 2 nitrogen and oxygen atoms in total. The van der Waals surface area contributed by atoms with E-state index < -0.39 is 0 Å². The average molecular weight is 587 g/mol. The zero-order valence-corrected chi connectivity index (χ0v) is 25.2. The van der Waals surface area contributed by atoms with E-state index in [1.807, 2.05) is 0 Å². The summed E-state index contributed by atoms with van der Waals surface area (Å²) in [5, 5.41) is 7.43. The van der Waals surface area contributed by atoms with Gasteiger partial charge in [0.15, 0.2) is 0 Å². The Bertz CT molecular complexity index is 2530. The van der Waals surface area contributed by atoms with Gasteiger partial charge in [0.05, 0.1) is 22.4 Å². The van der Waals surface area contributed by atoms with Crippen LogP contribution >= 0.6 is 0 Å². The second-order valence-electron chi connectivity index (χ2n) is 11.8. The first kappa shape index (κ1) is 26.3. The lowest BCUT2D eigenvalue weighted by Crippen LogP contribution is -2.12. The molecule has 9 rings (SSSR count). The molecule has 0 spiro atoms. The molecule has 0 aliphatic heterocycles. The minimum atomic E-state index is 1.11. The number of rotatable bonds is 5. The highest BCUT2D eigenvalue weighted by molar-refractivity contribution is 6.16. The summed E-state index contributed by atoms with van der Waals surface area (Å²) in [6, 6.07) is 65.7. The second kappa shape index (κ2) is 10.8. The molecule has 0 amide bonds. The summed E-state index contributed by atoms with van der Waals surface area (Å²) in [7, 11) is 0. The van der Waals surface area contributed by atoms with E-state index in [4.69, 9.17) is 0 Å². The maximum absolute atomic E-state index is 2.46. The molecule has 0 aliphatic rings. The maximum atomic E-state index is 2.46. The number of anilines is 3. The molecule has 0 radical (unpaired) electrons. The van der Waals surface area contributed by atoms with E-state index in [0.717, 1.165) is 22.7 Å². The normalized spacial score (nSPS) is 11.5. The Morgan fingerprint density at radius 1 is 0.370 bits per heavy atom. The van der Waals surface area contributed by atoms with Gasteiger partial charge >= 0.3 is 0 Å². The molecule has 0 saturated heterocycles. The van der Waals surface area contributed by atoms with E-state index in [2.05, 4.69) is 191 Å². The van der Waals surface area contributed by atoms with Gasteiger partial charge < -0.3 is 9.47 Å². The molecule has 216 valence electrons. The summed E-state index contributed by atoms with van der Waals surface area (Å²) in [4.78, 5) is 2.46. The van der Waals surface area contributed by atoms with Gasteiger partial charge in [-0.2, -0.15) is 0 Å². The smallest absolute Gasteiger partial charge is 0.0561 e. The fourth-order valence-corrected chi connectivity index (χ4v) is 7.11. The van der Waals surface area contributed by atoms with Crippen molar-refractivity contribution in [2.45, 2.75) is 0 Å². The van der Waals surface area contributed by atoms with E-state index in [-0.39, 0.29) is 0 Å². The van der Waals surface area contributed by atoms with Crippen molar-refractivity contribution in [2.24, 2.45) is 0 Å². The van der Waals surface area contributed by atoms with Crippen molar-refractivity contribution >= 4 is 60.4 Å². The molecular formula is C44H30N2. The Hall–Kier alpha value is -6.12. The first-order chi connectivity index (χ1) is 22.8. The third-order valence-corrected chi connectivity index (χ3v) is 9.15. The predicted octanol–water partition coefficient (Wildman–Crippen LogP) is 12.2. The minimum absolute atomic E-state index is 1.11. The number of benzene rings is 8. The maximum Gasteiger partial charge on any atom is 0.0561 e. The van der Waals surface area contributed by atoms with Gasteiger partial charge in [-0.15, -0.1) is 0 Å². The standard InChI is InChI=1S/C44H30N2/c1-3-15-31(16-4-1)36-21-11-13-25-41(36)46(43-29-32-17-7-8-20-35(32)37-22-9-10-23-38(37)43)34-27-28-40-39-24-12-14-26-42(39)45(44(40)30-34)33-18-5-2-6-19-33/h1-30H. The SMILES string of the molecule is c1ccc(-c2ccccc2N(c2ccc3c4ccccc4n(-c4ccccc4)c3c2)c2cc3ccccc3c3ccccc23)cc1. The van der Waals surface area contributed by atoms with Crippen LogP contribution in [0.4, 0.5) is 17.1 Å². The van der Waals surface area contributed by atoms with Crippen LogP contribution in [0, 0.1) is 0 Å². The van der Waals surface area contributed by atoms with E-state index in [0.29, 0.717) is 0 Å². The molecule has 0 aliphatic carbocycles. The molecule has 0 fully saturated rings. The lowest BCUT2D eigenvalue weighted by atomic mass is 9.97. The third kappa shape index (κ3) is 4.19. The molecule has 0 atom stereocenters.